The number of hydrogen-bond acceptors (Lipinski definition) is 12. The molecule has 1 radical (unpaired) electrons. The largest absolute Gasteiger partial charge is 0.635 e. The SMILES string of the molecule is CCN(CC)c1ccc(N=C2C=C(Cl)C(=O)c3ncccc32)c(C)c1.O=NO[O-].O=NO[O-].[Co]. The topological polar surface area (TPSA) is 169 Å². The first-order valence-corrected chi connectivity index (χ1v) is 9.80. The van der Waals surface area contributed by atoms with Crippen molar-refractivity contribution in [2.45, 2.75) is 20.8 Å². The molecule has 0 fully saturated rings. The predicted octanol–water partition coefficient (Wildman–Crippen LogP) is 2.59. The van der Waals surface area contributed by atoms with Crippen LogP contribution in [0.2, 0.25) is 0 Å². The Labute approximate surface area is 210 Å². The van der Waals surface area contributed by atoms with E-state index in [0.29, 0.717) is 17.0 Å². The number of aryl methyl sites for hydroxylation is 1. The molecule has 185 valence electrons. The van der Waals surface area contributed by atoms with Crippen LogP contribution in [0, 0.1) is 16.7 Å². The van der Waals surface area contributed by atoms with Gasteiger partial charge in [0.2, 0.25) is 5.78 Å². The minimum atomic E-state index is -0.259. The number of aromatic nitrogens is 1. The molecule has 12 nitrogen and oxygen atoms in total. The molecule has 1 aromatic carbocycles. The van der Waals surface area contributed by atoms with Gasteiger partial charge in [0.25, 0.3) is 0 Å². The van der Waals surface area contributed by atoms with Crippen LogP contribution in [0.1, 0.15) is 35.5 Å². The monoisotopic (exact) mass is 536 g/mol. The van der Waals surface area contributed by atoms with Crippen molar-refractivity contribution in [1.82, 2.24) is 4.98 Å². The van der Waals surface area contributed by atoms with Crippen molar-refractivity contribution in [3.05, 3.63) is 74.3 Å². The van der Waals surface area contributed by atoms with Crippen LogP contribution in [-0.2, 0) is 26.8 Å². The van der Waals surface area contributed by atoms with E-state index in [1.165, 1.54) is 16.4 Å². The number of carbonyl (C=O) groups excluding carboxylic acids is 1. The van der Waals surface area contributed by atoms with Gasteiger partial charge in [-0.1, -0.05) is 11.6 Å². The van der Waals surface area contributed by atoms with Gasteiger partial charge in [0, 0.05) is 47.3 Å². The van der Waals surface area contributed by atoms with Crippen molar-refractivity contribution < 1.29 is 42.1 Å². The number of halogens is 1. The Morgan fingerprint density at radius 1 is 1.09 bits per heavy atom. The summed E-state index contributed by atoms with van der Waals surface area (Å²) in [6.45, 7) is 8.24. The van der Waals surface area contributed by atoms with Gasteiger partial charge in [0.05, 0.1) is 16.4 Å². The zero-order valence-electron chi connectivity index (χ0n) is 18.3. The van der Waals surface area contributed by atoms with Crippen LogP contribution < -0.4 is 15.4 Å². The van der Waals surface area contributed by atoms with Gasteiger partial charge in [-0.3, -0.25) is 9.78 Å². The van der Waals surface area contributed by atoms with Crippen LogP contribution in [0.15, 0.2) is 63.3 Å². The molecule has 1 aromatic heterocycles. The summed E-state index contributed by atoms with van der Waals surface area (Å²) in [6.07, 6.45) is 3.21. The Hall–Kier alpha value is -3.23. The van der Waals surface area contributed by atoms with Crippen molar-refractivity contribution in [2.75, 3.05) is 18.0 Å². The van der Waals surface area contributed by atoms with Gasteiger partial charge >= 0.3 is 0 Å². The average Bonchev–Trinajstić information content (AvgIpc) is 2.85. The molecule has 2 aromatic rings. The first-order valence-electron chi connectivity index (χ1n) is 9.43. The van der Waals surface area contributed by atoms with Gasteiger partial charge in [-0.05, 0) is 62.7 Å². The third-order valence-corrected chi connectivity index (χ3v) is 4.67. The number of Topliss-reactive ketones (excluding diaryl/α,β-unsaturated/α-hetero) is 1. The minimum Gasteiger partial charge on any atom is -0.635 e. The molecule has 0 saturated heterocycles. The summed E-state index contributed by atoms with van der Waals surface area (Å²) in [5, 5.41) is 19.6. The number of rotatable bonds is 6. The zero-order chi connectivity index (χ0) is 24.8. The summed E-state index contributed by atoms with van der Waals surface area (Å²) in [4.78, 5) is 44.8. The number of nitrogens with zero attached hydrogens (tertiary/aromatic N) is 5. The Kier molecular flexibility index (Phi) is 14.8. The normalized spacial score (nSPS) is 12.4. The Balaban J connectivity index is 0.00000106. The van der Waals surface area contributed by atoms with E-state index in [9.17, 15) is 4.79 Å². The maximum Gasteiger partial charge on any atom is 0.223 e. The molecule has 0 unspecified atom stereocenters. The van der Waals surface area contributed by atoms with Crippen LogP contribution in [0.4, 0.5) is 11.4 Å². The molecule has 1 heterocycles. The number of fused-ring (bicyclic) bond motifs is 1. The molecular formula is C20H20ClCoN5O7-2. The molecule has 0 spiro atoms. The third kappa shape index (κ3) is 8.61. The molecule has 0 amide bonds. The fourth-order valence-electron chi connectivity index (χ4n) is 2.94. The van der Waals surface area contributed by atoms with Gasteiger partial charge in [-0.2, -0.15) is 0 Å². The summed E-state index contributed by atoms with van der Waals surface area (Å²) in [6, 6.07) is 9.85. The second-order valence-electron chi connectivity index (χ2n) is 6.16. The fraction of sp³-hybridized carbons (Fsp3) is 0.250. The van der Waals surface area contributed by atoms with Crippen molar-refractivity contribution in [3.63, 3.8) is 0 Å². The summed E-state index contributed by atoms with van der Waals surface area (Å²) < 4.78 is 0. The summed E-state index contributed by atoms with van der Waals surface area (Å²) in [7, 11) is 0. The van der Waals surface area contributed by atoms with Crippen molar-refractivity contribution in [3.8, 4) is 0 Å². The van der Waals surface area contributed by atoms with Crippen molar-refractivity contribution in [1.29, 1.82) is 0 Å². The molecule has 34 heavy (non-hydrogen) atoms. The molecule has 14 heteroatoms. The van der Waals surface area contributed by atoms with Gasteiger partial charge in [-0.15, -0.1) is 9.81 Å². The number of allylic oxidation sites excluding steroid dienone is 2. The van der Waals surface area contributed by atoms with E-state index in [1.807, 2.05) is 19.1 Å². The number of benzene rings is 1. The average molecular weight is 537 g/mol. The minimum absolute atomic E-state index is 0. The predicted molar refractivity (Wildman–Crippen MR) is 117 cm³/mol. The molecule has 0 bridgehead atoms. The molecule has 0 aliphatic heterocycles. The number of anilines is 1. The summed E-state index contributed by atoms with van der Waals surface area (Å²) >= 11 is 6.08. The Bertz CT molecular complexity index is 1020. The molecule has 0 saturated carbocycles. The molecule has 0 atom stereocenters. The van der Waals surface area contributed by atoms with E-state index in [4.69, 9.17) is 36.9 Å². The summed E-state index contributed by atoms with van der Waals surface area (Å²) in [5.74, 6) is -0.259. The third-order valence-electron chi connectivity index (χ3n) is 4.39. The van der Waals surface area contributed by atoms with Crippen molar-refractivity contribution in [2.24, 2.45) is 15.7 Å². The van der Waals surface area contributed by atoms with E-state index in [-0.39, 0.29) is 27.6 Å². The maximum absolute atomic E-state index is 12.1. The van der Waals surface area contributed by atoms with Gasteiger partial charge in [0.1, 0.15) is 16.4 Å². The van der Waals surface area contributed by atoms with Crippen LogP contribution in [-0.4, -0.2) is 29.6 Å². The van der Waals surface area contributed by atoms with Gasteiger partial charge in [-0.25, -0.2) is 4.99 Å². The van der Waals surface area contributed by atoms with Crippen LogP contribution in [0.25, 0.3) is 0 Å². The van der Waals surface area contributed by atoms with E-state index < -0.39 is 0 Å². The number of pyridine rings is 1. The summed E-state index contributed by atoms with van der Waals surface area (Å²) in [5.41, 5.74) is 4.84. The van der Waals surface area contributed by atoms with Gasteiger partial charge in [0.15, 0.2) is 0 Å². The zero-order valence-corrected chi connectivity index (χ0v) is 20.1. The number of hydrogen-bond donors (Lipinski definition) is 0. The second kappa shape index (κ2) is 16.4. The molecular weight excluding hydrogens is 517 g/mol. The quantitative estimate of drug-likeness (QED) is 0.306. The van der Waals surface area contributed by atoms with Crippen LogP contribution >= 0.6 is 11.6 Å². The molecule has 3 rings (SSSR count). The molecule has 1 aliphatic rings. The first-order chi connectivity index (χ1) is 15.9. The second-order valence-corrected chi connectivity index (χ2v) is 6.57. The van der Waals surface area contributed by atoms with Crippen LogP contribution in [0.5, 0.6) is 0 Å². The van der Waals surface area contributed by atoms with E-state index >= 15 is 0 Å². The fourth-order valence-corrected chi connectivity index (χ4v) is 3.14. The number of aliphatic imine (C=N–C) groups is 1. The molecule has 0 N–H and O–H groups in total. The number of carbonyl (C=O) groups is 1. The van der Waals surface area contributed by atoms with Crippen molar-refractivity contribution >= 4 is 34.5 Å². The smallest absolute Gasteiger partial charge is 0.223 e. The van der Waals surface area contributed by atoms with E-state index in [0.717, 1.165) is 24.3 Å². The van der Waals surface area contributed by atoms with Gasteiger partial charge < -0.3 is 25.4 Å². The first kappa shape index (κ1) is 30.8. The Morgan fingerprint density at radius 3 is 2.18 bits per heavy atom. The standard InChI is InChI=1S/C20H20ClN3O.Co.2HNO3/c1-4-24(5-2)14-8-9-17(13(3)11-14)23-18-12-16(21)20(25)19-15(18)7-6-10-22-19;;2*2-1-4-3/h6-12H,4-5H2,1-3H3;;2*3H/p-2. The van der Waals surface area contributed by atoms with E-state index in [1.54, 1.807) is 18.3 Å². The Morgan fingerprint density at radius 2 is 1.68 bits per heavy atom. The molecule has 1 aliphatic carbocycles. The number of ketones is 1. The van der Waals surface area contributed by atoms with E-state index in [2.05, 4.69) is 45.8 Å². The maximum atomic E-state index is 12.1. The van der Waals surface area contributed by atoms with Crippen LogP contribution in [0.3, 0.4) is 0 Å².